The molecule has 0 amide bonds. The van der Waals surface area contributed by atoms with E-state index >= 15 is 0 Å². The van der Waals surface area contributed by atoms with Crippen LogP contribution in [0.25, 0.3) is 10.9 Å². The first kappa shape index (κ1) is 14.1. The Morgan fingerprint density at radius 3 is 2.65 bits per heavy atom. The van der Waals surface area contributed by atoms with Gasteiger partial charge in [0.1, 0.15) is 5.69 Å². The van der Waals surface area contributed by atoms with Gasteiger partial charge in [0, 0.05) is 5.39 Å². The van der Waals surface area contributed by atoms with Gasteiger partial charge in [-0.3, -0.25) is 4.79 Å². The van der Waals surface area contributed by atoms with Crippen LogP contribution in [-0.2, 0) is 10.9 Å². The van der Waals surface area contributed by atoms with Crippen LogP contribution in [0.15, 0.2) is 18.2 Å². The maximum absolute atomic E-state index is 12.9. The number of esters is 1. The topological polar surface area (TPSA) is 59.2 Å². The summed E-state index contributed by atoms with van der Waals surface area (Å²) in [6, 6.07) is 3.40. The van der Waals surface area contributed by atoms with Crippen LogP contribution in [0.5, 0.6) is 0 Å². The molecule has 0 saturated carbocycles. The quantitative estimate of drug-likeness (QED) is 0.696. The Bertz CT molecular complexity index is 673. The number of carbonyl (C=O) groups excluding carboxylic acids is 2. The van der Waals surface area contributed by atoms with Crippen molar-refractivity contribution in [2.24, 2.45) is 0 Å². The number of fused-ring (bicyclic) bond motifs is 1. The Labute approximate surface area is 111 Å². The summed E-state index contributed by atoms with van der Waals surface area (Å²) in [6.07, 6.45) is -4.25. The average Bonchev–Trinajstić information content (AvgIpc) is 2.75. The monoisotopic (exact) mass is 285 g/mol. The Kier molecular flexibility index (Phi) is 3.52. The molecule has 1 N–H and O–H groups in total. The minimum Gasteiger partial charge on any atom is -0.461 e. The predicted octanol–water partition coefficient (Wildman–Crippen LogP) is 3.18. The van der Waals surface area contributed by atoms with E-state index in [-0.39, 0.29) is 28.8 Å². The van der Waals surface area contributed by atoms with Gasteiger partial charge in [0.25, 0.3) is 0 Å². The molecule has 0 aliphatic heterocycles. The lowest BCUT2D eigenvalue weighted by Crippen LogP contribution is -2.08. The van der Waals surface area contributed by atoms with Crippen molar-refractivity contribution >= 4 is 23.2 Å². The van der Waals surface area contributed by atoms with Gasteiger partial charge in [-0.1, -0.05) is 12.1 Å². The number of nitrogens with one attached hydrogen (secondary N) is 1. The number of H-pyrrole nitrogens is 1. The summed E-state index contributed by atoms with van der Waals surface area (Å²) in [5.41, 5.74) is -1.64. The molecule has 0 bridgehead atoms. The maximum Gasteiger partial charge on any atom is 0.418 e. The van der Waals surface area contributed by atoms with Crippen molar-refractivity contribution in [2.45, 2.75) is 13.1 Å². The van der Waals surface area contributed by atoms with Crippen molar-refractivity contribution in [3.8, 4) is 0 Å². The summed E-state index contributed by atoms with van der Waals surface area (Å²) in [4.78, 5) is 25.1. The van der Waals surface area contributed by atoms with Gasteiger partial charge >= 0.3 is 12.1 Å². The molecule has 7 heteroatoms. The summed E-state index contributed by atoms with van der Waals surface area (Å²) in [5, 5.41) is 0.0397. The number of benzene rings is 1. The van der Waals surface area contributed by atoms with Gasteiger partial charge < -0.3 is 9.72 Å². The second kappa shape index (κ2) is 4.99. The van der Waals surface area contributed by atoms with Crippen LogP contribution in [0.4, 0.5) is 13.2 Å². The molecule has 4 nitrogen and oxygen atoms in total. The van der Waals surface area contributed by atoms with Gasteiger partial charge in [-0.2, -0.15) is 13.2 Å². The van der Waals surface area contributed by atoms with E-state index in [0.717, 1.165) is 6.07 Å². The van der Waals surface area contributed by atoms with E-state index in [1.54, 1.807) is 6.92 Å². The van der Waals surface area contributed by atoms with E-state index in [1.807, 2.05) is 0 Å². The summed E-state index contributed by atoms with van der Waals surface area (Å²) < 4.78 is 43.4. The van der Waals surface area contributed by atoms with E-state index in [2.05, 4.69) is 4.98 Å². The van der Waals surface area contributed by atoms with E-state index in [4.69, 9.17) is 4.74 Å². The number of halogens is 3. The summed E-state index contributed by atoms with van der Waals surface area (Å²) in [5.74, 6) is -0.862. The van der Waals surface area contributed by atoms with Crippen molar-refractivity contribution in [3.63, 3.8) is 0 Å². The van der Waals surface area contributed by atoms with Crippen LogP contribution in [0, 0.1) is 0 Å². The lowest BCUT2D eigenvalue weighted by molar-refractivity contribution is -0.136. The average molecular weight is 285 g/mol. The molecule has 1 heterocycles. The minimum atomic E-state index is -4.59. The number of aromatic nitrogens is 1. The highest BCUT2D eigenvalue weighted by molar-refractivity contribution is 6.08. The third-order valence-corrected chi connectivity index (χ3v) is 2.78. The van der Waals surface area contributed by atoms with Crippen LogP contribution in [0.2, 0.25) is 0 Å². The Morgan fingerprint density at radius 1 is 1.40 bits per heavy atom. The van der Waals surface area contributed by atoms with Crippen molar-refractivity contribution in [1.29, 1.82) is 0 Å². The second-order valence-electron chi connectivity index (χ2n) is 3.98. The van der Waals surface area contributed by atoms with Gasteiger partial charge in [-0.25, -0.2) is 4.79 Å². The highest BCUT2D eigenvalue weighted by Gasteiger charge is 2.34. The fourth-order valence-electron chi connectivity index (χ4n) is 1.96. The van der Waals surface area contributed by atoms with Gasteiger partial charge in [0.15, 0.2) is 6.29 Å². The molecule has 0 spiro atoms. The van der Waals surface area contributed by atoms with Crippen molar-refractivity contribution in [2.75, 3.05) is 6.61 Å². The third-order valence-electron chi connectivity index (χ3n) is 2.78. The smallest absolute Gasteiger partial charge is 0.418 e. The zero-order chi connectivity index (χ0) is 14.9. The van der Waals surface area contributed by atoms with Crippen molar-refractivity contribution in [1.82, 2.24) is 4.98 Å². The predicted molar refractivity (Wildman–Crippen MR) is 64.6 cm³/mol. The van der Waals surface area contributed by atoms with Crippen LogP contribution in [-0.4, -0.2) is 23.8 Å². The number of para-hydroxylation sites is 1. The normalized spacial score (nSPS) is 11.6. The van der Waals surface area contributed by atoms with Crippen LogP contribution in [0.3, 0.4) is 0 Å². The summed E-state index contributed by atoms with van der Waals surface area (Å²) in [7, 11) is 0. The number of carbonyl (C=O) groups is 2. The molecule has 20 heavy (non-hydrogen) atoms. The molecule has 0 atom stereocenters. The molecule has 0 fully saturated rings. The van der Waals surface area contributed by atoms with E-state index in [1.165, 1.54) is 12.1 Å². The van der Waals surface area contributed by atoms with Gasteiger partial charge in [0.2, 0.25) is 0 Å². The molecular weight excluding hydrogens is 275 g/mol. The highest BCUT2D eigenvalue weighted by Crippen LogP contribution is 2.35. The number of aldehydes is 1. The standard InChI is InChI=1S/C13H10F3NO3/c1-2-20-12(19)11-8(6-18)7-4-3-5-9(10(7)17-11)13(14,15)16/h3-6,17H,2H2,1H3. The van der Waals surface area contributed by atoms with E-state index < -0.39 is 17.7 Å². The summed E-state index contributed by atoms with van der Waals surface area (Å²) >= 11 is 0. The van der Waals surface area contributed by atoms with Crippen molar-refractivity contribution < 1.29 is 27.5 Å². The van der Waals surface area contributed by atoms with Crippen molar-refractivity contribution in [3.05, 3.63) is 35.0 Å². The van der Waals surface area contributed by atoms with Crippen LogP contribution < -0.4 is 0 Å². The lowest BCUT2D eigenvalue weighted by Gasteiger charge is -2.07. The molecule has 106 valence electrons. The zero-order valence-corrected chi connectivity index (χ0v) is 10.4. The number of hydrogen-bond donors (Lipinski definition) is 1. The van der Waals surface area contributed by atoms with Crippen LogP contribution in [0.1, 0.15) is 33.3 Å². The molecule has 0 radical (unpaired) electrons. The molecule has 0 saturated heterocycles. The number of hydrogen-bond acceptors (Lipinski definition) is 3. The van der Waals surface area contributed by atoms with Gasteiger partial charge in [-0.15, -0.1) is 0 Å². The first-order chi connectivity index (χ1) is 9.40. The maximum atomic E-state index is 12.9. The first-order valence-electron chi connectivity index (χ1n) is 5.74. The number of aromatic amines is 1. The fourth-order valence-corrected chi connectivity index (χ4v) is 1.96. The largest absolute Gasteiger partial charge is 0.461 e. The Morgan fingerprint density at radius 2 is 2.10 bits per heavy atom. The van der Waals surface area contributed by atoms with Gasteiger partial charge in [0.05, 0.1) is 23.3 Å². The van der Waals surface area contributed by atoms with Gasteiger partial charge in [-0.05, 0) is 13.0 Å². The number of alkyl halides is 3. The lowest BCUT2D eigenvalue weighted by atomic mass is 10.1. The molecule has 0 aliphatic carbocycles. The Balaban J connectivity index is 2.74. The second-order valence-corrected chi connectivity index (χ2v) is 3.98. The molecule has 1 aromatic carbocycles. The minimum absolute atomic E-state index is 0.0397. The zero-order valence-electron chi connectivity index (χ0n) is 10.4. The SMILES string of the molecule is CCOC(=O)c1[nH]c2c(C(F)(F)F)cccc2c1C=O. The van der Waals surface area contributed by atoms with Crippen LogP contribution >= 0.6 is 0 Å². The third kappa shape index (κ3) is 2.26. The summed E-state index contributed by atoms with van der Waals surface area (Å²) in [6.45, 7) is 1.61. The first-order valence-corrected chi connectivity index (χ1v) is 5.74. The molecule has 2 aromatic rings. The molecule has 1 aromatic heterocycles. The molecule has 0 unspecified atom stereocenters. The van der Waals surface area contributed by atoms with E-state index in [0.29, 0.717) is 6.29 Å². The Hall–Kier alpha value is -2.31. The fraction of sp³-hybridized carbons (Fsp3) is 0.231. The molecular formula is C13H10F3NO3. The number of ether oxygens (including phenoxy) is 1. The highest BCUT2D eigenvalue weighted by atomic mass is 19.4. The molecule has 2 rings (SSSR count). The van der Waals surface area contributed by atoms with E-state index in [9.17, 15) is 22.8 Å². The molecule has 0 aliphatic rings. The number of rotatable bonds is 3.